The lowest BCUT2D eigenvalue weighted by molar-refractivity contribution is 0.0602. The molecule has 1 aromatic carbocycles. The Balaban J connectivity index is 3.09. The van der Waals surface area contributed by atoms with Crippen LogP contribution in [0.4, 0.5) is 11.4 Å². The summed E-state index contributed by atoms with van der Waals surface area (Å²) in [4.78, 5) is 11.4. The molecule has 4 heteroatoms. The first-order valence-corrected chi connectivity index (χ1v) is 5.10. The van der Waals surface area contributed by atoms with Crippen molar-refractivity contribution in [3.05, 3.63) is 23.8 Å². The molecule has 0 aliphatic heterocycles. The molecule has 16 heavy (non-hydrogen) atoms. The van der Waals surface area contributed by atoms with Crippen LogP contribution in [-0.2, 0) is 4.74 Å². The van der Waals surface area contributed by atoms with Gasteiger partial charge in [-0.2, -0.15) is 0 Å². The van der Waals surface area contributed by atoms with E-state index in [1.54, 1.807) is 12.1 Å². The number of hydrogen-bond acceptors (Lipinski definition) is 4. The largest absolute Gasteiger partial charge is 0.465 e. The number of benzene rings is 1. The highest BCUT2D eigenvalue weighted by Crippen LogP contribution is 2.26. The van der Waals surface area contributed by atoms with Crippen LogP contribution in [0.25, 0.3) is 0 Å². The number of carbonyl (C=O) groups excluding carboxylic acids is 1. The lowest BCUT2D eigenvalue weighted by Crippen LogP contribution is -2.27. The summed E-state index contributed by atoms with van der Waals surface area (Å²) >= 11 is 0. The van der Waals surface area contributed by atoms with Crippen molar-refractivity contribution in [3.8, 4) is 0 Å². The van der Waals surface area contributed by atoms with Gasteiger partial charge in [-0.1, -0.05) is 6.07 Å². The van der Waals surface area contributed by atoms with E-state index < -0.39 is 5.97 Å². The first-order valence-electron chi connectivity index (χ1n) is 5.10. The first-order chi connectivity index (χ1) is 7.35. The van der Waals surface area contributed by atoms with Gasteiger partial charge in [0.2, 0.25) is 0 Å². The Hall–Kier alpha value is -1.71. The lowest BCUT2D eigenvalue weighted by Gasteiger charge is -2.23. The zero-order chi connectivity index (χ0) is 12.3. The summed E-state index contributed by atoms with van der Waals surface area (Å²) in [7, 11) is 1.34. The summed E-state index contributed by atoms with van der Waals surface area (Å²) in [6.45, 7) is 6.08. The molecule has 0 unspecified atom stereocenters. The summed E-state index contributed by atoms with van der Waals surface area (Å²) < 4.78 is 4.66. The highest BCUT2D eigenvalue weighted by Gasteiger charge is 2.16. The predicted octanol–water partition coefficient (Wildman–Crippen LogP) is 2.27. The Bertz CT molecular complexity index is 394. The van der Waals surface area contributed by atoms with Crippen molar-refractivity contribution in [3.63, 3.8) is 0 Å². The maximum absolute atomic E-state index is 11.4. The molecule has 0 saturated heterocycles. The molecule has 0 heterocycles. The van der Waals surface area contributed by atoms with Gasteiger partial charge in [0.05, 0.1) is 24.0 Å². The van der Waals surface area contributed by atoms with Gasteiger partial charge in [-0.05, 0) is 32.9 Å². The Morgan fingerprint density at radius 2 is 2.00 bits per heavy atom. The van der Waals surface area contributed by atoms with Crippen molar-refractivity contribution in [1.82, 2.24) is 0 Å². The molecule has 1 aromatic rings. The van der Waals surface area contributed by atoms with Crippen molar-refractivity contribution < 1.29 is 9.53 Å². The topological polar surface area (TPSA) is 64.3 Å². The molecule has 88 valence electrons. The quantitative estimate of drug-likeness (QED) is 0.595. The molecule has 0 fully saturated rings. The predicted molar refractivity (Wildman–Crippen MR) is 65.6 cm³/mol. The summed E-state index contributed by atoms with van der Waals surface area (Å²) in [6.07, 6.45) is 0. The average molecular weight is 222 g/mol. The number of esters is 1. The molecular weight excluding hydrogens is 204 g/mol. The van der Waals surface area contributed by atoms with E-state index in [4.69, 9.17) is 5.73 Å². The molecule has 0 bridgehead atoms. The molecule has 0 aromatic heterocycles. The Labute approximate surface area is 95.8 Å². The molecule has 0 spiro atoms. The number of carbonyl (C=O) groups is 1. The molecule has 0 aliphatic rings. The highest BCUT2D eigenvalue weighted by molar-refractivity contribution is 5.98. The maximum Gasteiger partial charge on any atom is 0.340 e. The van der Waals surface area contributed by atoms with Gasteiger partial charge in [0, 0.05) is 5.54 Å². The third kappa shape index (κ3) is 2.89. The van der Waals surface area contributed by atoms with E-state index in [2.05, 4.69) is 10.1 Å². The number of anilines is 2. The zero-order valence-electron chi connectivity index (χ0n) is 10.1. The maximum atomic E-state index is 11.4. The first kappa shape index (κ1) is 12.4. The van der Waals surface area contributed by atoms with Crippen molar-refractivity contribution in [2.45, 2.75) is 26.3 Å². The fourth-order valence-electron chi connectivity index (χ4n) is 1.37. The van der Waals surface area contributed by atoms with Crippen molar-refractivity contribution in [2.75, 3.05) is 18.2 Å². The van der Waals surface area contributed by atoms with Crippen molar-refractivity contribution in [1.29, 1.82) is 0 Å². The fourth-order valence-corrected chi connectivity index (χ4v) is 1.37. The van der Waals surface area contributed by atoms with E-state index in [9.17, 15) is 4.79 Å². The van der Waals surface area contributed by atoms with Crippen LogP contribution in [0.3, 0.4) is 0 Å². The Morgan fingerprint density at radius 3 is 2.50 bits per heavy atom. The number of nitrogens with two attached hydrogens (primary N) is 1. The summed E-state index contributed by atoms with van der Waals surface area (Å²) in [5, 5.41) is 3.24. The van der Waals surface area contributed by atoms with Crippen LogP contribution < -0.4 is 11.1 Å². The average Bonchev–Trinajstić information content (AvgIpc) is 2.18. The lowest BCUT2D eigenvalue weighted by atomic mass is 10.1. The standard InChI is InChI=1S/C12H18N2O2/c1-12(2,3)14-9-7-5-6-8(10(9)13)11(15)16-4/h5-7,14H,13H2,1-4H3. The molecule has 1 rings (SSSR count). The molecule has 0 amide bonds. The normalized spacial score (nSPS) is 11.0. The van der Waals surface area contributed by atoms with Gasteiger partial charge in [-0.3, -0.25) is 0 Å². The molecule has 0 aliphatic carbocycles. The number of rotatable bonds is 2. The minimum absolute atomic E-state index is 0.108. The van der Waals surface area contributed by atoms with Crippen LogP contribution in [0.2, 0.25) is 0 Å². The van der Waals surface area contributed by atoms with Gasteiger partial charge in [0.25, 0.3) is 0 Å². The van der Waals surface area contributed by atoms with Crippen LogP contribution in [0.1, 0.15) is 31.1 Å². The number of methoxy groups -OCH3 is 1. The van der Waals surface area contributed by atoms with Gasteiger partial charge in [-0.15, -0.1) is 0 Å². The van der Waals surface area contributed by atoms with Crippen molar-refractivity contribution in [2.24, 2.45) is 0 Å². The van der Waals surface area contributed by atoms with E-state index in [1.807, 2.05) is 26.8 Å². The summed E-state index contributed by atoms with van der Waals surface area (Å²) in [6, 6.07) is 5.26. The molecule has 0 radical (unpaired) electrons. The van der Waals surface area contributed by atoms with E-state index >= 15 is 0 Å². The molecule has 0 saturated carbocycles. The second-order valence-electron chi connectivity index (χ2n) is 4.63. The minimum atomic E-state index is -0.421. The number of nitrogen functional groups attached to an aromatic ring is 1. The second kappa shape index (κ2) is 4.43. The van der Waals surface area contributed by atoms with E-state index in [-0.39, 0.29) is 5.54 Å². The number of ether oxygens (including phenoxy) is 1. The Morgan fingerprint density at radius 1 is 1.38 bits per heavy atom. The van der Waals surface area contributed by atoms with Crippen LogP contribution in [-0.4, -0.2) is 18.6 Å². The third-order valence-corrected chi connectivity index (χ3v) is 2.02. The second-order valence-corrected chi connectivity index (χ2v) is 4.63. The molecule has 3 N–H and O–H groups in total. The van der Waals surface area contributed by atoms with E-state index in [0.717, 1.165) is 5.69 Å². The Kier molecular flexibility index (Phi) is 3.42. The molecule has 4 nitrogen and oxygen atoms in total. The fraction of sp³-hybridized carbons (Fsp3) is 0.417. The van der Waals surface area contributed by atoms with Gasteiger partial charge >= 0.3 is 5.97 Å². The SMILES string of the molecule is COC(=O)c1cccc(NC(C)(C)C)c1N. The van der Waals surface area contributed by atoms with Gasteiger partial charge in [-0.25, -0.2) is 4.79 Å². The summed E-state index contributed by atoms with van der Waals surface area (Å²) in [5.41, 5.74) is 7.35. The highest BCUT2D eigenvalue weighted by atomic mass is 16.5. The number of para-hydroxylation sites is 1. The molecular formula is C12H18N2O2. The smallest absolute Gasteiger partial charge is 0.340 e. The van der Waals surface area contributed by atoms with Crippen molar-refractivity contribution >= 4 is 17.3 Å². The van der Waals surface area contributed by atoms with Gasteiger partial charge < -0.3 is 15.8 Å². The molecule has 0 atom stereocenters. The minimum Gasteiger partial charge on any atom is -0.465 e. The van der Waals surface area contributed by atoms with E-state index in [0.29, 0.717) is 11.3 Å². The van der Waals surface area contributed by atoms with Crippen LogP contribution in [0.15, 0.2) is 18.2 Å². The zero-order valence-corrected chi connectivity index (χ0v) is 10.1. The van der Waals surface area contributed by atoms with Gasteiger partial charge in [0.15, 0.2) is 0 Å². The monoisotopic (exact) mass is 222 g/mol. The van der Waals surface area contributed by atoms with Crippen LogP contribution in [0, 0.1) is 0 Å². The number of hydrogen-bond donors (Lipinski definition) is 2. The third-order valence-electron chi connectivity index (χ3n) is 2.02. The van der Waals surface area contributed by atoms with Crippen LogP contribution >= 0.6 is 0 Å². The van der Waals surface area contributed by atoms with Crippen LogP contribution in [0.5, 0.6) is 0 Å². The number of nitrogens with one attached hydrogen (secondary N) is 1. The van der Waals surface area contributed by atoms with Gasteiger partial charge in [0.1, 0.15) is 0 Å². The van der Waals surface area contributed by atoms with E-state index in [1.165, 1.54) is 7.11 Å². The summed E-state index contributed by atoms with van der Waals surface area (Å²) in [5.74, 6) is -0.421.